The molecule has 1 aromatic carbocycles. The number of aryl methyl sites for hydroxylation is 1. The molecule has 0 saturated heterocycles. The van der Waals surface area contributed by atoms with Crippen LogP contribution in [0.4, 0.5) is 0 Å². The summed E-state index contributed by atoms with van der Waals surface area (Å²) in [5.41, 5.74) is 7.65. The quantitative estimate of drug-likeness (QED) is 0.781. The minimum Gasteiger partial charge on any atom is -0.490 e. The maximum absolute atomic E-state index is 12.0. The van der Waals surface area contributed by atoms with Gasteiger partial charge in [0.2, 0.25) is 0 Å². The number of rotatable bonds is 7. The molecule has 1 aromatic heterocycles. The van der Waals surface area contributed by atoms with Crippen LogP contribution in [0.2, 0.25) is 0 Å². The first-order chi connectivity index (χ1) is 11.4. The molecule has 0 saturated carbocycles. The molecule has 24 heavy (non-hydrogen) atoms. The fourth-order valence-corrected chi connectivity index (χ4v) is 2.78. The van der Waals surface area contributed by atoms with Gasteiger partial charge >= 0.3 is 5.63 Å². The second-order valence-corrected chi connectivity index (χ2v) is 6.43. The van der Waals surface area contributed by atoms with Gasteiger partial charge in [-0.15, -0.1) is 0 Å². The number of fused-ring (bicyclic) bond motifs is 1. The summed E-state index contributed by atoms with van der Waals surface area (Å²) in [4.78, 5) is 12.0. The summed E-state index contributed by atoms with van der Waals surface area (Å²) in [6.07, 6.45) is 1.66. The Balaban J connectivity index is 2.85. The van der Waals surface area contributed by atoms with Crippen LogP contribution in [0.3, 0.4) is 0 Å². The summed E-state index contributed by atoms with van der Waals surface area (Å²) in [7, 11) is 0. The second-order valence-electron chi connectivity index (χ2n) is 6.43. The van der Waals surface area contributed by atoms with Crippen LogP contribution in [-0.2, 0) is 13.0 Å². The molecule has 5 nitrogen and oxygen atoms in total. The summed E-state index contributed by atoms with van der Waals surface area (Å²) in [5.74, 6) is 1.27. The van der Waals surface area contributed by atoms with Crippen LogP contribution in [-0.4, -0.2) is 12.2 Å². The van der Waals surface area contributed by atoms with Crippen molar-refractivity contribution in [3.63, 3.8) is 0 Å². The molecule has 0 atom stereocenters. The molecule has 0 radical (unpaired) electrons. The molecule has 2 N–H and O–H groups in total. The molecule has 0 aliphatic carbocycles. The molecule has 0 spiro atoms. The van der Waals surface area contributed by atoms with E-state index in [4.69, 9.17) is 19.6 Å². The van der Waals surface area contributed by atoms with Gasteiger partial charge < -0.3 is 19.6 Å². The molecule has 0 unspecified atom stereocenters. The van der Waals surface area contributed by atoms with Crippen LogP contribution < -0.4 is 20.8 Å². The van der Waals surface area contributed by atoms with E-state index in [1.54, 1.807) is 6.07 Å². The Labute approximate surface area is 142 Å². The number of hydrogen-bond acceptors (Lipinski definition) is 5. The van der Waals surface area contributed by atoms with Crippen molar-refractivity contribution in [1.29, 1.82) is 0 Å². The van der Waals surface area contributed by atoms with Gasteiger partial charge in [-0.05, 0) is 39.7 Å². The minimum absolute atomic E-state index is 0.00905. The SMILES string of the molecule is CCCc1cc(=O)oc2c(CN)c(OC(C)C)cc(OC(C)C)c12. The highest BCUT2D eigenvalue weighted by molar-refractivity contribution is 5.91. The molecule has 132 valence electrons. The summed E-state index contributed by atoms with van der Waals surface area (Å²) in [5, 5.41) is 0.821. The third-order valence-electron chi connectivity index (χ3n) is 3.57. The Bertz CT molecular complexity index is 762. The van der Waals surface area contributed by atoms with Crippen molar-refractivity contribution in [1.82, 2.24) is 0 Å². The van der Waals surface area contributed by atoms with Crippen molar-refractivity contribution in [2.45, 2.75) is 66.2 Å². The number of nitrogens with two attached hydrogens (primary N) is 1. The molecular formula is C19H27NO4. The third kappa shape index (κ3) is 3.90. The number of ether oxygens (including phenoxy) is 2. The van der Waals surface area contributed by atoms with Gasteiger partial charge in [-0.3, -0.25) is 0 Å². The molecule has 0 aliphatic rings. The lowest BCUT2D eigenvalue weighted by molar-refractivity contribution is 0.229. The van der Waals surface area contributed by atoms with Gasteiger partial charge in [-0.2, -0.15) is 0 Å². The van der Waals surface area contributed by atoms with Crippen LogP contribution in [0.5, 0.6) is 11.5 Å². The zero-order valence-electron chi connectivity index (χ0n) is 15.1. The van der Waals surface area contributed by atoms with E-state index in [0.717, 1.165) is 23.8 Å². The van der Waals surface area contributed by atoms with E-state index in [1.165, 1.54) is 0 Å². The Kier molecular flexibility index (Phi) is 5.89. The Morgan fingerprint density at radius 2 is 1.71 bits per heavy atom. The average molecular weight is 333 g/mol. The van der Waals surface area contributed by atoms with Gasteiger partial charge in [-0.25, -0.2) is 4.79 Å². The molecule has 0 bridgehead atoms. The largest absolute Gasteiger partial charge is 0.490 e. The van der Waals surface area contributed by atoms with E-state index in [-0.39, 0.29) is 24.4 Å². The zero-order valence-corrected chi connectivity index (χ0v) is 15.1. The Hall–Kier alpha value is -2.01. The molecule has 0 amide bonds. The minimum atomic E-state index is -0.377. The standard InChI is InChI=1S/C19H27NO4/c1-6-7-13-8-17(21)24-19-14(10-20)15(22-11(2)3)9-16(18(13)19)23-12(4)5/h8-9,11-12H,6-7,10,20H2,1-5H3. The highest BCUT2D eigenvalue weighted by Crippen LogP contribution is 2.38. The fourth-order valence-electron chi connectivity index (χ4n) is 2.78. The molecule has 1 heterocycles. The van der Waals surface area contributed by atoms with Crippen LogP contribution in [0, 0.1) is 0 Å². The molecule has 2 aromatic rings. The van der Waals surface area contributed by atoms with Gasteiger partial charge in [0.05, 0.1) is 23.2 Å². The van der Waals surface area contributed by atoms with Crippen LogP contribution in [0.1, 0.15) is 52.2 Å². The predicted octanol–water partition coefficient (Wildman–Crippen LogP) is 3.78. The fraction of sp³-hybridized carbons (Fsp3) is 0.526. The molecule has 0 aliphatic heterocycles. The first-order valence-electron chi connectivity index (χ1n) is 8.53. The molecule has 5 heteroatoms. The monoisotopic (exact) mass is 333 g/mol. The molecule has 0 fully saturated rings. The van der Waals surface area contributed by atoms with E-state index >= 15 is 0 Å². The van der Waals surface area contributed by atoms with Gasteiger partial charge in [0.25, 0.3) is 0 Å². The zero-order chi connectivity index (χ0) is 17.9. The van der Waals surface area contributed by atoms with Crippen molar-refractivity contribution in [2.75, 3.05) is 0 Å². The van der Waals surface area contributed by atoms with Crippen molar-refractivity contribution < 1.29 is 13.9 Å². The maximum atomic E-state index is 12.0. The van der Waals surface area contributed by atoms with Crippen molar-refractivity contribution in [3.05, 3.63) is 33.7 Å². The summed E-state index contributed by atoms with van der Waals surface area (Å²) in [6.45, 7) is 10.1. The van der Waals surface area contributed by atoms with Crippen molar-refractivity contribution >= 4 is 11.0 Å². The van der Waals surface area contributed by atoms with E-state index in [1.807, 2.05) is 33.8 Å². The third-order valence-corrected chi connectivity index (χ3v) is 3.57. The van der Waals surface area contributed by atoms with Gasteiger partial charge in [0, 0.05) is 18.7 Å². The maximum Gasteiger partial charge on any atom is 0.336 e. The van der Waals surface area contributed by atoms with Crippen LogP contribution in [0.25, 0.3) is 11.0 Å². The first-order valence-corrected chi connectivity index (χ1v) is 8.53. The lowest BCUT2D eigenvalue weighted by Crippen LogP contribution is -2.13. The highest BCUT2D eigenvalue weighted by atomic mass is 16.5. The first kappa shape index (κ1) is 18.3. The van der Waals surface area contributed by atoms with E-state index in [0.29, 0.717) is 22.6 Å². The Morgan fingerprint density at radius 3 is 2.25 bits per heavy atom. The van der Waals surface area contributed by atoms with E-state index in [9.17, 15) is 4.79 Å². The Morgan fingerprint density at radius 1 is 1.08 bits per heavy atom. The van der Waals surface area contributed by atoms with Crippen LogP contribution in [0.15, 0.2) is 21.3 Å². The smallest absolute Gasteiger partial charge is 0.336 e. The summed E-state index contributed by atoms with van der Waals surface area (Å²) < 4.78 is 17.4. The molecule has 2 rings (SSSR count). The van der Waals surface area contributed by atoms with E-state index in [2.05, 4.69) is 6.92 Å². The van der Waals surface area contributed by atoms with Crippen molar-refractivity contribution in [2.24, 2.45) is 5.73 Å². The normalized spacial score (nSPS) is 11.5. The average Bonchev–Trinajstić information content (AvgIpc) is 2.45. The van der Waals surface area contributed by atoms with Crippen molar-refractivity contribution in [3.8, 4) is 11.5 Å². The molecular weight excluding hydrogens is 306 g/mol. The topological polar surface area (TPSA) is 74.7 Å². The van der Waals surface area contributed by atoms with Gasteiger partial charge in [0.1, 0.15) is 11.5 Å². The number of benzene rings is 1. The van der Waals surface area contributed by atoms with E-state index < -0.39 is 0 Å². The van der Waals surface area contributed by atoms with Gasteiger partial charge in [0.15, 0.2) is 5.58 Å². The highest BCUT2D eigenvalue weighted by Gasteiger charge is 2.20. The second kappa shape index (κ2) is 7.71. The lowest BCUT2D eigenvalue weighted by Gasteiger charge is -2.20. The van der Waals surface area contributed by atoms with Crippen LogP contribution >= 0.6 is 0 Å². The lowest BCUT2D eigenvalue weighted by atomic mass is 10.0. The predicted molar refractivity (Wildman–Crippen MR) is 95.9 cm³/mol. The summed E-state index contributed by atoms with van der Waals surface area (Å²) in [6, 6.07) is 3.41. The van der Waals surface area contributed by atoms with Gasteiger partial charge in [-0.1, -0.05) is 13.3 Å². The number of hydrogen-bond donors (Lipinski definition) is 1. The summed E-state index contributed by atoms with van der Waals surface area (Å²) >= 11 is 0.